The number of fused-ring (bicyclic) bond motifs is 1. The molecule has 158 valence electrons. The van der Waals surface area contributed by atoms with Gasteiger partial charge in [-0.15, -0.1) is 0 Å². The van der Waals surface area contributed by atoms with E-state index in [9.17, 15) is 4.79 Å². The van der Waals surface area contributed by atoms with E-state index in [1.807, 2.05) is 54.6 Å². The number of hydrogen-bond acceptors (Lipinski definition) is 3. The minimum Gasteiger partial charge on any atom is -0.355 e. The number of para-hydroxylation sites is 3. The van der Waals surface area contributed by atoms with Crippen LogP contribution in [0.3, 0.4) is 0 Å². The number of hydrogen-bond donors (Lipinski definition) is 1. The molecule has 0 saturated heterocycles. The first-order valence-electron chi connectivity index (χ1n) is 10.7. The van der Waals surface area contributed by atoms with E-state index < -0.39 is 0 Å². The summed E-state index contributed by atoms with van der Waals surface area (Å²) in [6, 6.07) is 28.6. The van der Waals surface area contributed by atoms with Gasteiger partial charge < -0.3 is 10.2 Å². The van der Waals surface area contributed by atoms with Crippen molar-refractivity contribution in [3.63, 3.8) is 0 Å². The summed E-state index contributed by atoms with van der Waals surface area (Å²) >= 11 is 0. The topological polar surface area (TPSA) is 50.2 Å². The summed E-state index contributed by atoms with van der Waals surface area (Å²) in [5.41, 5.74) is 4.35. The zero-order chi connectivity index (χ0) is 21.5. The molecule has 0 spiro atoms. The number of aromatic nitrogens is 2. The highest BCUT2D eigenvalue weighted by Crippen LogP contribution is 2.22. The summed E-state index contributed by atoms with van der Waals surface area (Å²) < 4.78 is 2.15. The summed E-state index contributed by atoms with van der Waals surface area (Å²) in [6.45, 7) is 2.32. The normalized spacial score (nSPS) is 11.2. The Kier molecular flexibility index (Phi) is 6.75. The fourth-order valence-corrected chi connectivity index (χ4v) is 3.78. The molecule has 5 nitrogen and oxygen atoms in total. The minimum atomic E-state index is 0.0554. The molecular formula is C26H28N4O. The van der Waals surface area contributed by atoms with Gasteiger partial charge in [-0.05, 0) is 36.9 Å². The van der Waals surface area contributed by atoms with Crippen LogP contribution in [-0.2, 0) is 17.8 Å². The van der Waals surface area contributed by atoms with E-state index in [4.69, 9.17) is 4.98 Å². The van der Waals surface area contributed by atoms with Gasteiger partial charge in [0.1, 0.15) is 5.82 Å². The van der Waals surface area contributed by atoms with Crippen LogP contribution in [0, 0.1) is 0 Å². The Hall–Kier alpha value is -3.44. The average Bonchev–Trinajstić information content (AvgIpc) is 3.17. The van der Waals surface area contributed by atoms with Gasteiger partial charge in [-0.3, -0.25) is 9.36 Å². The molecule has 1 aromatic heterocycles. The third-order valence-corrected chi connectivity index (χ3v) is 5.33. The molecule has 3 aromatic carbocycles. The average molecular weight is 413 g/mol. The van der Waals surface area contributed by atoms with Crippen LogP contribution in [0.15, 0.2) is 84.9 Å². The number of nitrogens with zero attached hydrogens (tertiary/aromatic N) is 3. The van der Waals surface area contributed by atoms with Crippen molar-refractivity contribution < 1.29 is 4.79 Å². The summed E-state index contributed by atoms with van der Waals surface area (Å²) in [5.74, 6) is 0.962. The predicted molar refractivity (Wildman–Crippen MR) is 125 cm³/mol. The Balaban J connectivity index is 1.33. The molecule has 1 N–H and O–H groups in total. The van der Waals surface area contributed by atoms with Crippen molar-refractivity contribution in [1.82, 2.24) is 19.8 Å². The number of carbonyl (C=O) groups is 1. The molecule has 0 fully saturated rings. The van der Waals surface area contributed by atoms with Crippen molar-refractivity contribution in [2.45, 2.75) is 19.4 Å². The van der Waals surface area contributed by atoms with Gasteiger partial charge in [0, 0.05) is 38.2 Å². The monoisotopic (exact) mass is 412 g/mol. The molecule has 0 radical (unpaired) electrons. The number of nitrogens with one attached hydrogen (secondary N) is 1. The van der Waals surface area contributed by atoms with Crippen molar-refractivity contribution in [3.8, 4) is 5.69 Å². The number of imidazole rings is 1. The molecule has 5 heteroatoms. The molecule has 0 aliphatic carbocycles. The van der Waals surface area contributed by atoms with Crippen LogP contribution in [-0.4, -0.2) is 40.5 Å². The second-order valence-electron chi connectivity index (χ2n) is 7.76. The predicted octanol–water partition coefficient (Wildman–Crippen LogP) is 4.21. The van der Waals surface area contributed by atoms with E-state index in [0.717, 1.165) is 35.6 Å². The Labute approximate surface area is 183 Å². The van der Waals surface area contributed by atoms with Crippen molar-refractivity contribution in [3.05, 3.63) is 96.3 Å². The molecule has 4 aromatic rings. The molecule has 0 aliphatic heterocycles. The van der Waals surface area contributed by atoms with Gasteiger partial charge >= 0.3 is 0 Å². The molecular weight excluding hydrogens is 384 g/mol. The van der Waals surface area contributed by atoms with Crippen LogP contribution in [0.2, 0.25) is 0 Å². The number of benzene rings is 3. The highest BCUT2D eigenvalue weighted by molar-refractivity contribution is 5.79. The lowest BCUT2D eigenvalue weighted by molar-refractivity contribution is -0.121. The molecule has 0 unspecified atom stereocenters. The minimum absolute atomic E-state index is 0.0554. The van der Waals surface area contributed by atoms with Crippen molar-refractivity contribution >= 4 is 16.9 Å². The van der Waals surface area contributed by atoms with E-state index in [-0.39, 0.29) is 5.91 Å². The number of aryl methyl sites for hydroxylation is 1. The first kappa shape index (κ1) is 20.8. The molecule has 31 heavy (non-hydrogen) atoms. The Morgan fingerprint density at radius 1 is 0.935 bits per heavy atom. The third kappa shape index (κ3) is 5.38. The Morgan fingerprint density at radius 3 is 2.39 bits per heavy atom. The second-order valence-corrected chi connectivity index (χ2v) is 7.76. The van der Waals surface area contributed by atoms with Crippen LogP contribution >= 0.6 is 0 Å². The lowest BCUT2D eigenvalue weighted by Gasteiger charge is -2.17. The molecule has 0 saturated carbocycles. The van der Waals surface area contributed by atoms with Gasteiger partial charge in [-0.25, -0.2) is 4.98 Å². The van der Waals surface area contributed by atoms with Crippen molar-refractivity contribution in [1.29, 1.82) is 0 Å². The SMILES string of the molecule is CN(CCNC(=O)CCc1nc2ccccc2n1-c1ccccc1)Cc1ccccc1. The quantitative estimate of drug-likeness (QED) is 0.448. The molecule has 4 rings (SSSR count). The highest BCUT2D eigenvalue weighted by atomic mass is 16.1. The van der Waals surface area contributed by atoms with E-state index >= 15 is 0 Å². The largest absolute Gasteiger partial charge is 0.355 e. The highest BCUT2D eigenvalue weighted by Gasteiger charge is 2.13. The smallest absolute Gasteiger partial charge is 0.220 e. The van der Waals surface area contributed by atoms with Gasteiger partial charge in [0.2, 0.25) is 5.91 Å². The fourth-order valence-electron chi connectivity index (χ4n) is 3.78. The number of amides is 1. The van der Waals surface area contributed by atoms with E-state index in [1.165, 1.54) is 5.56 Å². The maximum absolute atomic E-state index is 12.5. The van der Waals surface area contributed by atoms with Crippen LogP contribution in [0.4, 0.5) is 0 Å². The van der Waals surface area contributed by atoms with Crippen LogP contribution in [0.1, 0.15) is 17.8 Å². The van der Waals surface area contributed by atoms with E-state index in [0.29, 0.717) is 19.4 Å². The Morgan fingerprint density at radius 2 is 1.61 bits per heavy atom. The van der Waals surface area contributed by atoms with Crippen molar-refractivity contribution in [2.24, 2.45) is 0 Å². The van der Waals surface area contributed by atoms with Crippen LogP contribution in [0.5, 0.6) is 0 Å². The second kappa shape index (κ2) is 10.0. The lowest BCUT2D eigenvalue weighted by atomic mass is 10.2. The number of rotatable bonds is 9. The maximum Gasteiger partial charge on any atom is 0.220 e. The maximum atomic E-state index is 12.5. The van der Waals surface area contributed by atoms with E-state index in [2.05, 4.69) is 52.2 Å². The first-order chi connectivity index (χ1) is 15.2. The fraction of sp³-hybridized carbons (Fsp3) is 0.231. The lowest BCUT2D eigenvalue weighted by Crippen LogP contribution is -2.33. The zero-order valence-electron chi connectivity index (χ0n) is 17.9. The summed E-state index contributed by atoms with van der Waals surface area (Å²) in [5, 5.41) is 3.04. The molecule has 0 aliphatic rings. The van der Waals surface area contributed by atoms with Gasteiger partial charge in [-0.2, -0.15) is 0 Å². The molecule has 0 bridgehead atoms. The summed E-state index contributed by atoms with van der Waals surface area (Å²) in [7, 11) is 2.07. The van der Waals surface area contributed by atoms with Crippen LogP contribution < -0.4 is 5.32 Å². The third-order valence-electron chi connectivity index (χ3n) is 5.33. The number of likely N-dealkylation sites (N-methyl/N-ethyl adjacent to an activating group) is 1. The number of carbonyl (C=O) groups excluding carboxylic acids is 1. The van der Waals surface area contributed by atoms with Crippen molar-refractivity contribution in [2.75, 3.05) is 20.1 Å². The van der Waals surface area contributed by atoms with E-state index in [1.54, 1.807) is 0 Å². The standard InChI is InChI=1S/C26H28N4O/c1-29(20-21-10-4-2-5-11-21)19-18-27-26(31)17-16-25-28-23-14-8-9-15-24(23)30(25)22-12-6-3-7-13-22/h2-15H,16-20H2,1H3,(H,27,31). The summed E-state index contributed by atoms with van der Waals surface area (Å²) in [4.78, 5) is 19.5. The molecule has 0 atom stereocenters. The Bertz CT molecular complexity index is 1120. The zero-order valence-corrected chi connectivity index (χ0v) is 17.9. The van der Waals surface area contributed by atoms with Crippen LogP contribution in [0.25, 0.3) is 16.7 Å². The van der Waals surface area contributed by atoms with Gasteiger partial charge in [0.15, 0.2) is 0 Å². The molecule has 1 heterocycles. The van der Waals surface area contributed by atoms with Gasteiger partial charge in [-0.1, -0.05) is 60.7 Å². The molecule has 1 amide bonds. The van der Waals surface area contributed by atoms with Gasteiger partial charge in [0.05, 0.1) is 11.0 Å². The first-order valence-corrected chi connectivity index (χ1v) is 10.7. The van der Waals surface area contributed by atoms with Gasteiger partial charge in [0.25, 0.3) is 0 Å². The summed E-state index contributed by atoms with van der Waals surface area (Å²) in [6.07, 6.45) is 1.01.